The molecule has 0 radical (unpaired) electrons. The van der Waals surface area contributed by atoms with Gasteiger partial charge in [-0.05, 0) is 30.2 Å². The molecule has 1 aromatic carbocycles. The van der Waals surface area contributed by atoms with Gasteiger partial charge >= 0.3 is 6.03 Å². The molecule has 0 spiro atoms. The number of halogens is 1. The fraction of sp³-hybridized carbons (Fsp3) is 0.222. The van der Waals surface area contributed by atoms with Gasteiger partial charge in [0.05, 0.1) is 10.7 Å². The number of pyridine rings is 1. The van der Waals surface area contributed by atoms with Gasteiger partial charge in [-0.1, -0.05) is 42.7 Å². The number of rotatable bonds is 5. The van der Waals surface area contributed by atoms with Crippen molar-refractivity contribution < 1.29 is 9.32 Å². The van der Waals surface area contributed by atoms with Crippen molar-refractivity contribution in [3.8, 4) is 11.4 Å². The number of para-hydroxylation sites is 1. The van der Waals surface area contributed by atoms with Crippen molar-refractivity contribution in [2.24, 2.45) is 5.92 Å². The van der Waals surface area contributed by atoms with Crippen LogP contribution in [0, 0.1) is 5.92 Å². The Morgan fingerprint density at radius 3 is 2.69 bits per heavy atom. The molecule has 26 heavy (non-hydrogen) atoms. The topological polar surface area (TPSA) is 92.9 Å². The van der Waals surface area contributed by atoms with Gasteiger partial charge in [0.2, 0.25) is 11.7 Å². The second-order valence-electron chi connectivity index (χ2n) is 6.00. The first-order chi connectivity index (χ1) is 12.5. The molecule has 0 aliphatic rings. The second-order valence-corrected chi connectivity index (χ2v) is 6.41. The number of carbonyl (C=O) groups excluding carboxylic acids is 1. The van der Waals surface area contributed by atoms with Gasteiger partial charge in [-0.2, -0.15) is 4.98 Å². The predicted octanol–water partition coefficient (Wildman–Crippen LogP) is 4.30. The van der Waals surface area contributed by atoms with Crippen molar-refractivity contribution in [2.45, 2.75) is 19.9 Å². The molecule has 3 rings (SSSR count). The standard InChI is InChI=1S/C18H18ClN5O2/c1-11(2)15(22-18(25)21-14-8-4-3-7-13(14)19)17-23-16(24-26-17)12-6-5-9-20-10-12/h3-11,15H,1-2H3,(H2,21,22,25)/t15-/m1/s1. The maximum Gasteiger partial charge on any atom is 0.319 e. The van der Waals surface area contributed by atoms with Crippen molar-refractivity contribution in [1.29, 1.82) is 0 Å². The third-order valence-corrected chi connectivity index (χ3v) is 4.03. The molecule has 7 nitrogen and oxygen atoms in total. The van der Waals surface area contributed by atoms with Crippen molar-refractivity contribution in [3.63, 3.8) is 0 Å². The number of aromatic nitrogens is 3. The molecule has 2 aromatic heterocycles. The Labute approximate surface area is 155 Å². The third-order valence-electron chi connectivity index (χ3n) is 3.70. The molecule has 1 atom stereocenters. The van der Waals surface area contributed by atoms with E-state index in [-0.39, 0.29) is 5.92 Å². The minimum Gasteiger partial charge on any atom is -0.337 e. The number of hydrogen-bond acceptors (Lipinski definition) is 5. The Morgan fingerprint density at radius 2 is 2.00 bits per heavy atom. The van der Waals surface area contributed by atoms with E-state index in [1.54, 1.807) is 42.7 Å². The summed E-state index contributed by atoms with van der Waals surface area (Å²) in [6.45, 7) is 3.91. The maximum absolute atomic E-state index is 12.3. The molecule has 0 saturated carbocycles. The normalized spacial score (nSPS) is 12.0. The fourth-order valence-electron chi connectivity index (χ4n) is 2.35. The minimum absolute atomic E-state index is 0.0363. The maximum atomic E-state index is 12.3. The Hall–Kier alpha value is -2.93. The number of nitrogens with one attached hydrogen (secondary N) is 2. The molecular weight excluding hydrogens is 354 g/mol. The molecule has 2 heterocycles. The van der Waals surface area contributed by atoms with Crippen LogP contribution in [0.3, 0.4) is 0 Å². The van der Waals surface area contributed by atoms with E-state index in [1.165, 1.54) is 0 Å². The summed E-state index contributed by atoms with van der Waals surface area (Å²) in [6, 6.07) is 9.78. The van der Waals surface area contributed by atoms with Crippen LogP contribution in [0.2, 0.25) is 5.02 Å². The lowest BCUT2D eigenvalue weighted by molar-refractivity contribution is 0.236. The number of urea groups is 1. The smallest absolute Gasteiger partial charge is 0.319 e. The molecule has 2 N–H and O–H groups in total. The van der Waals surface area contributed by atoms with Crippen LogP contribution in [0.25, 0.3) is 11.4 Å². The quantitative estimate of drug-likeness (QED) is 0.697. The van der Waals surface area contributed by atoms with E-state index in [1.807, 2.05) is 19.9 Å². The summed E-state index contributed by atoms with van der Waals surface area (Å²) < 4.78 is 5.36. The van der Waals surface area contributed by atoms with Crippen molar-refractivity contribution in [1.82, 2.24) is 20.4 Å². The second kappa shape index (κ2) is 7.97. The van der Waals surface area contributed by atoms with E-state index in [0.717, 1.165) is 5.56 Å². The van der Waals surface area contributed by atoms with Gasteiger partial charge in [0.15, 0.2) is 0 Å². The van der Waals surface area contributed by atoms with Crippen LogP contribution in [0.1, 0.15) is 25.8 Å². The number of anilines is 1. The van der Waals surface area contributed by atoms with Gasteiger partial charge in [-0.3, -0.25) is 4.98 Å². The van der Waals surface area contributed by atoms with Gasteiger partial charge in [-0.25, -0.2) is 4.79 Å². The molecule has 0 unspecified atom stereocenters. The molecule has 0 fully saturated rings. The highest BCUT2D eigenvalue weighted by molar-refractivity contribution is 6.33. The molecule has 2 amide bonds. The highest BCUT2D eigenvalue weighted by Crippen LogP contribution is 2.24. The number of nitrogens with zero attached hydrogens (tertiary/aromatic N) is 3. The van der Waals surface area contributed by atoms with Crippen LogP contribution < -0.4 is 10.6 Å². The first kappa shape index (κ1) is 17.9. The van der Waals surface area contributed by atoms with Crippen LogP contribution in [0.4, 0.5) is 10.5 Å². The van der Waals surface area contributed by atoms with Gasteiger partial charge in [-0.15, -0.1) is 0 Å². The molecule has 8 heteroatoms. The highest BCUT2D eigenvalue weighted by atomic mass is 35.5. The van der Waals surface area contributed by atoms with Crippen LogP contribution in [-0.4, -0.2) is 21.2 Å². The van der Waals surface area contributed by atoms with Gasteiger partial charge < -0.3 is 15.2 Å². The zero-order valence-corrected chi connectivity index (χ0v) is 15.1. The molecule has 0 bridgehead atoms. The lowest BCUT2D eigenvalue weighted by Crippen LogP contribution is -2.35. The summed E-state index contributed by atoms with van der Waals surface area (Å²) in [5.41, 5.74) is 1.27. The van der Waals surface area contributed by atoms with Gasteiger partial charge in [0, 0.05) is 18.0 Å². The highest BCUT2D eigenvalue weighted by Gasteiger charge is 2.25. The Morgan fingerprint density at radius 1 is 1.19 bits per heavy atom. The minimum atomic E-state index is -0.449. The Balaban J connectivity index is 1.74. The largest absolute Gasteiger partial charge is 0.337 e. The lowest BCUT2D eigenvalue weighted by Gasteiger charge is -2.19. The average Bonchev–Trinajstić information content (AvgIpc) is 3.12. The Kier molecular flexibility index (Phi) is 5.48. The lowest BCUT2D eigenvalue weighted by atomic mass is 10.0. The molecule has 134 valence electrons. The zero-order chi connectivity index (χ0) is 18.5. The van der Waals surface area contributed by atoms with E-state index in [0.29, 0.717) is 22.4 Å². The fourth-order valence-corrected chi connectivity index (χ4v) is 2.53. The van der Waals surface area contributed by atoms with E-state index >= 15 is 0 Å². The van der Waals surface area contributed by atoms with Crippen molar-refractivity contribution >= 4 is 23.3 Å². The number of hydrogen-bond donors (Lipinski definition) is 2. The van der Waals surface area contributed by atoms with E-state index in [9.17, 15) is 4.79 Å². The molecule has 0 saturated heterocycles. The van der Waals surface area contributed by atoms with Crippen molar-refractivity contribution in [2.75, 3.05) is 5.32 Å². The number of benzene rings is 1. The van der Waals surface area contributed by atoms with Crippen LogP contribution in [0.15, 0.2) is 53.3 Å². The summed E-state index contributed by atoms with van der Waals surface area (Å²) in [5, 5.41) is 10.0. The van der Waals surface area contributed by atoms with Gasteiger partial charge in [0.25, 0.3) is 0 Å². The zero-order valence-electron chi connectivity index (χ0n) is 14.3. The summed E-state index contributed by atoms with van der Waals surface area (Å²) in [7, 11) is 0. The Bertz CT molecular complexity index is 882. The molecule has 0 aliphatic heterocycles. The van der Waals surface area contributed by atoms with Crippen LogP contribution in [-0.2, 0) is 0 Å². The number of carbonyl (C=O) groups is 1. The summed E-state index contributed by atoms with van der Waals surface area (Å²) in [6.07, 6.45) is 3.32. The first-order valence-corrected chi connectivity index (χ1v) is 8.48. The van der Waals surface area contributed by atoms with E-state index < -0.39 is 12.1 Å². The molecule has 0 aliphatic carbocycles. The molecular formula is C18H18ClN5O2. The van der Waals surface area contributed by atoms with Crippen LogP contribution >= 0.6 is 11.6 Å². The first-order valence-electron chi connectivity index (χ1n) is 8.10. The van der Waals surface area contributed by atoms with Crippen molar-refractivity contribution in [3.05, 3.63) is 59.7 Å². The van der Waals surface area contributed by atoms with Gasteiger partial charge in [0.1, 0.15) is 6.04 Å². The van der Waals surface area contributed by atoms with Crippen LogP contribution in [0.5, 0.6) is 0 Å². The monoisotopic (exact) mass is 371 g/mol. The summed E-state index contributed by atoms with van der Waals surface area (Å²) >= 11 is 6.07. The average molecular weight is 372 g/mol. The SMILES string of the molecule is CC(C)[C@@H](NC(=O)Nc1ccccc1Cl)c1nc(-c2cccnc2)no1. The summed E-state index contributed by atoms with van der Waals surface area (Å²) in [4.78, 5) is 20.8. The summed E-state index contributed by atoms with van der Waals surface area (Å²) in [5.74, 6) is 0.786. The molecule has 3 aromatic rings. The number of amides is 2. The van der Waals surface area contributed by atoms with E-state index in [2.05, 4.69) is 25.8 Å². The van der Waals surface area contributed by atoms with E-state index in [4.69, 9.17) is 16.1 Å². The predicted molar refractivity (Wildman–Crippen MR) is 98.7 cm³/mol. The third kappa shape index (κ3) is 4.18.